The fraction of sp³-hybridized carbons (Fsp3) is 0.444. The van der Waals surface area contributed by atoms with Crippen LogP contribution in [0.3, 0.4) is 0 Å². The second kappa shape index (κ2) is 7.23. The van der Waals surface area contributed by atoms with Gasteiger partial charge in [0.1, 0.15) is 5.01 Å². The number of likely N-dealkylation sites (N-methyl/N-ethyl adjacent to an activating group) is 1. The van der Waals surface area contributed by atoms with Gasteiger partial charge in [0, 0.05) is 11.9 Å². The highest BCUT2D eigenvalue weighted by molar-refractivity contribution is 7.11. The number of hydrogen-bond donors (Lipinski definition) is 1. The molecule has 3 rings (SSSR count). The normalized spacial score (nSPS) is 15.0. The number of thiazole rings is 1. The van der Waals surface area contributed by atoms with Gasteiger partial charge in [0.05, 0.1) is 18.3 Å². The molecule has 1 aromatic carbocycles. The zero-order valence-corrected chi connectivity index (χ0v) is 14.3. The van der Waals surface area contributed by atoms with E-state index in [0.29, 0.717) is 13.0 Å². The third kappa shape index (κ3) is 3.98. The van der Waals surface area contributed by atoms with Gasteiger partial charge in [-0.05, 0) is 37.7 Å². The zero-order chi connectivity index (χ0) is 16.2. The molecule has 0 radical (unpaired) electrons. The first kappa shape index (κ1) is 16.1. The van der Waals surface area contributed by atoms with Crippen molar-refractivity contribution >= 4 is 17.2 Å². The lowest BCUT2D eigenvalue weighted by molar-refractivity contribution is -0.131. The van der Waals surface area contributed by atoms with Gasteiger partial charge in [0.2, 0.25) is 5.91 Å². The van der Waals surface area contributed by atoms with Crippen molar-refractivity contribution in [1.82, 2.24) is 9.88 Å². The molecule has 1 aliphatic carbocycles. The Kier molecular flexibility index (Phi) is 5.08. The van der Waals surface area contributed by atoms with Gasteiger partial charge in [-0.25, -0.2) is 4.98 Å². The number of aromatic nitrogens is 1. The molecular formula is C18H23N3OS. The second-order valence-electron chi connectivity index (χ2n) is 6.18. The fourth-order valence-corrected chi connectivity index (χ4v) is 4.20. The maximum atomic E-state index is 12.5. The summed E-state index contributed by atoms with van der Waals surface area (Å²) in [6.07, 6.45) is 5.27. The lowest BCUT2D eigenvalue weighted by Crippen LogP contribution is -2.42. The molecule has 0 bridgehead atoms. The van der Waals surface area contributed by atoms with Crippen molar-refractivity contribution in [3.63, 3.8) is 0 Å². The molecule has 122 valence electrons. The van der Waals surface area contributed by atoms with E-state index in [0.717, 1.165) is 23.4 Å². The van der Waals surface area contributed by atoms with Crippen LogP contribution in [0.4, 0.5) is 0 Å². The van der Waals surface area contributed by atoms with E-state index >= 15 is 0 Å². The number of benzene rings is 1. The smallest absolute Gasteiger partial charge is 0.239 e. The summed E-state index contributed by atoms with van der Waals surface area (Å²) in [5.74, 6) is -0.0259. The summed E-state index contributed by atoms with van der Waals surface area (Å²) in [5.41, 5.74) is 8.42. The van der Waals surface area contributed by atoms with E-state index < -0.39 is 6.04 Å². The van der Waals surface area contributed by atoms with Crippen LogP contribution in [0.5, 0.6) is 0 Å². The Labute approximate surface area is 141 Å². The van der Waals surface area contributed by atoms with E-state index in [1.807, 2.05) is 37.4 Å². The molecule has 0 spiro atoms. The topological polar surface area (TPSA) is 59.2 Å². The molecule has 1 aliphatic rings. The molecule has 0 saturated heterocycles. The highest BCUT2D eigenvalue weighted by Crippen LogP contribution is 2.27. The van der Waals surface area contributed by atoms with Crippen molar-refractivity contribution in [3.05, 3.63) is 51.5 Å². The first-order valence-electron chi connectivity index (χ1n) is 8.15. The van der Waals surface area contributed by atoms with Crippen LogP contribution in [0.25, 0.3) is 0 Å². The number of aryl methyl sites for hydroxylation is 2. The Bertz CT molecular complexity index is 645. The van der Waals surface area contributed by atoms with Crippen LogP contribution in [-0.2, 0) is 30.6 Å². The molecule has 2 N–H and O–H groups in total. The quantitative estimate of drug-likeness (QED) is 0.917. The van der Waals surface area contributed by atoms with E-state index in [2.05, 4.69) is 0 Å². The molecule has 1 atom stereocenters. The molecule has 1 amide bonds. The van der Waals surface area contributed by atoms with Crippen molar-refractivity contribution in [2.24, 2.45) is 5.73 Å². The summed E-state index contributed by atoms with van der Waals surface area (Å²) in [5, 5.41) is 1.03. The van der Waals surface area contributed by atoms with Crippen LogP contribution >= 0.6 is 11.3 Å². The van der Waals surface area contributed by atoms with E-state index in [-0.39, 0.29) is 5.91 Å². The first-order chi connectivity index (χ1) is 11.1. The lowest BCUT2D eigenvalue weighted by atomic mass is 10.0. The standard InChI is InChI=1S/C18H23N3OS/c1-21(12-17-20-15-9-5-6-10-16(15)23-17)18(22)14(19)11-13-7-3-2-4-8-13/h2-4,7-8,14H,5-6,9-12,19H2,1H3. The van der Waals surface area contributed by atoms with Gasteiger partial charge < -0.3 is 10.6 Å². The molecule has 23 heavy (non-hydrogen) atoms. The van der Waals surface area contributed by atoms with Crippen LogP contribution in [-0.4, -0.2) is 28.9 Å². The van der Waals surface area contributed by atoms with Crippen LogP contribution in [0.1, 0.15) is 34.0 Å². The number of rotatable bonds is 5. The number of amides is 1. The third-order valence-electron chi connectivity index (χ3n) is 4.25. The van der Waals surface area contributed by atoms with Crippen LogP contribution in [0.15, 0.2) is 30.3 Å². The minimum absolute atomic E-state index is 0.0259. The predicted octanol–water partition coefficient (Wildman–Crippen LogP) is 2.55. The second-order valence-corrected chi connectivity index (χ2v) is 7.34. The largest absolute Gasteiger partial charge is 0.338 e. The summed E-state index contributed by atoms with van der Waals surface area (Å²) in [4.78, 5) is 20.3. The Morgan fingerprint density at radius 1 is 1.30 bits per heavy atom. The molecule has 1 heterocycles. The molecule has 0 saturated carbocycles. The zero-order valence-electron chi connectivity index (χ0n) is 13.5. The molecule has 5 heteroatoms. The number of fused-ring (bicyclic) bond motifs is 1. The van der Waals surface area contributed by atoms with Gasteiger partial charge in [0.25, 0.3) is 0 Å². The number of carbonyl (C=O) groups excluding carboxylic acids is 1. The molecule has 0 fully saturated rings. The van der Waals surface area contributed by atoms with E-state index in [1.54, 1.807) is 16.2 Å². The molecule has 1 unspecified atom stereocenters. The van der Waals surface area contributed by atoms with Crippen molar-refractivity contribution in [2.75, 3.05) is 7.05 Å². The summed E-state index contributed by atoms with van der Waals surface area (Å²) in [6, 6.07) is 9.40. The minimum atomic E-state index is -0.503. The highest BCUT2D eigenvalue weighted by Gasteiger charge is 2.21. The first-order valence-corrected chi connectivity index (χ1v) is 8.97. The average molecular weight is 329 g/mol. The molecule has 1 aromatic heterocycles. The van der Waals surface area contributed by atoms with E-state index in [4.69, 9.17) is 10.7 Å². The summed E-state index contributed by atoms with van der Waals surface area (Å²) >= 11 is 1.75. The fourth-order valence-electron chi connectivity index (χ4n) is 2.99. The summed E-state index contributed by atoms with van der Waals surface area (Å²) in [7, 11) is 1.81. The molecule has 4 nitrogen and oxygen atoms in total. The van der Waals surface area contributed by atoms with E-state index in [1.165, 1.54) is 23.4 Å². The van der Waals surface area contributed by atoms with Gasteiger partial charge in [-0.3, -0.25) is 4.79 Å². The number of nitrogens with two attached hydrogens (primary N) is 1. The Hall–Kier alpha value is -1.72. The SMILES string of the molecule is CN(Cc1nc2c(s1)CCCC2)C(=O)C(N)Cc1ccccc1. The van der Waals surface area contributed by atoms with Crippen LogP contribution in [0, 0.1) is 0 Å². The molecular weight excluding hydrogens is 306 g/mol. The summed E-state index contributed by atoms with van der Waals surface area (Å²) in [6.45, 7) is 0.555. The Morgan fingerprint density at radius 3 is 2.78 bits per heavy atom. The van der Waals surface area contributed by atoms with Gasteiger partial charge in [-0.15, -0.1) is 11.3 Å². The number of carbonyl (C=O) groups is 1. The number of nitrogens with zero attached hydrogens (tertiary/aromatic N) is 2. The van der Waals surface area contributed by atoms with Gasteiger partial charge in [-0.2, -0.15) is 0 Å². The Balaban J connectivity index is 1.59. The third-order valence-corrected chi connectivity index (χ3v) is 5.40. The van der Waals surface area contributed by atoms with Crippen molar-refractivity contribution in [1.29, 1.82) is 0 Å². The van der Waals surface area contributed by atoms with Gasteiger partial charge in [0.15, 0.2) is 0 Å². The van der Waals surface area contributed by atoms with Crippen LogP contribution < -0.4 is 5.73 Å². The summed E-state index contributed by atoms with van der Waals surface area (Å²) < 4.78 is 0. The highest BCUT2D eigenvalue weighted by atomic mass is 32.1. The minimum Gasteiger partial charge on any atom is -0.338 e. The maximum absolute atomic E-state index is 12.5. The van der Waals surface area contributed by atoms with Gasteiger partial charge >= 0.3 is 0 Å². The van der Waals surface area contributed by atoms with Crippen molar-refractivity contribution in [3.8, 4) is 0 Å². The molecule has 2 aromatic rings. The van der Waals surface area contributed by atoms with Crippen molar-refractivity contribution in [2.45, 2.75) is 44.7 Å². The predicted molar refractivity (Wildman–Crippen MR) is 93.4 cm³/mol. The Morgan fingerprint density at radius 2 is 2.04 bits per heavy atom. The lowest BCUT2D eigenvalue weighted by Gasteiger charge is -2.20. The number of hydrogen-bond acceptors (Lipinski definition) is 4. The monoisotopic (exact) mass is 329 g/mol. The molecule has 0 aliphatic heterocycles. The van der Waals surface area contributed by atoms with Crippen LogP contribution in [0.2, 0.25) is 0 Å². The van der Waals surface area contributed by atoms with Crippen molar-refractivity contribution < 1.29 is 4.79 Å². The van der Waals surface area contributed by atoms with Gasteiger partial charge in [-0.1, -0.05) is 30.3 Å². The average Bonchev–Trinajstić information content (AvgIpc) is 2.97. The maximum Gasteiger partial charge on any atom is 0.239 e. The van der Waals surface area contributed by atoms with E-state index in [9.17, 15) is 4.79 Å².